The minimum absolute atomic E-state index is 0.0944. The quantitative estimate of drug-likeness (QED) is 0.873. The van der Waals surface area contributed by atoms with E-state index in [9.17, 15) is 9.59 Å². The maximum Gasteiger partial charge on any atom is 0.345 e. The van der Waals surface area contributed by atoms with Gasteiger partial charge in [-0.05, 0) is 48.8 Å². The van der Waals surface area contributed by atoms with E-state index in [-0.39, 0.29) is 12.2 Å². The molecule has 0 bridgehead atoms. The van der Waals surface area contributed by atoms with Crippen molar-refractivity contribution in [1.82, 2.24) is 9.97 Å². The number of H-pyrrole nitrogens is 1. The summed E-state index contributed by atoms with van der Waals surface area (Å²) in [6.45, 7) is 4.46. The molecule has 0 fully saturated rings. The highest BCUT2D eigenvalue weighted by atomic mass is 16.5. The number of ether oxygens (including phenoxy) is 2. The van der Waals surface area contributed by atoms with Gasteiger partial charge in [-0.2, -0.15) is 0 Å². The standard InChI is InChI=1S/C18H18N2O4/c1-3-23-18(22)14-10-19-16(20-17(14)21)11(2)8-12-4-5-15-13(9-12)6-7-24-15/h4-5,8-10H,3,6-7H2,1-2H3,(H,19,20,21)/b11-8+. The minimum atomic E-state index is -0.668. The average Bonchev–Trinajstić information content (AvgIpc) is 3.02. The number of carbonyl (C=O) groups is 1. The number of esters is 1. The van der Waals surface area contributed by atoms with Crippen LogP contribution in [0.1, 0.15) is 41.2 Å². The highest BCUT2D eigenvalue weighted by Gasteiger charge is 2.14. The zero-order valence-corrected chi connectivity index (χ0v) is 13.6. The van der Waals surface area contributed by atoms with E-state index in [0.717, 1.165) is 23.3 Å². The van der Waals surface area contributed by atoms with Gasteiger partial charge in [0.25, 0.3) is 5.56 Å². The van der Waals surface area contributed by atoms with Gasteiger partial charge >= 0.3 is 5.97 Å². The highest BCUT2D eigenvalue weighted by molar-refractivity contribution is 5.88. The second-order valence-corrected chi connectivity index (χ2v) is 5.49. The van der Waals surface area contributed by atoms with Crippen LogP contribution in [0.3, 0.4) is 0 Å². The Bertz CT molecular complexity index is 868. The van der Waals surface area contributed by atoms with Gasteiger partial charge in [-0.3, -0.25) is 4.79 Å². The Morgan fingerprint density at radius 1 is 1.46 bits per heavy atom. The molecule has 6 nitrogen and oxygen atoms in total. The first-order valence-electron chi connectivity index (χ1n) is 7.79. The second kappa shape index (κ2) is 6.70. The van der Waals surface area contributed by atoms with Gasteiger partial charge in [0.05, 0.1) is 13.2 Å². The monoisotopic (exact) mass is 326 g/mol. The number of allylic oxidation sites excluding steroid dienone is 1. The van der Waals surface area contributed by atoms with Crippen LogP contribution < -0.4 is 10.3 Å². The Kier molecular flexibility index (Phi) is 4.46. The number of rotatable bonds is 4. The predicted molar refractivity (Wildman–Crippen MR) is 90.0 cm³/mol. The fourth-order valence-corrected chi connectivity index (χ4v) is 2.56. The molecule has 0 amide bonds. The van der Waals surface area contributed by atoms with Crippen LogP contribution in [0.4, 0.5) is 0 Å². The van der Waals surface area contributed by atoms with Crippen molar-refractivity contribution in [3.63, 3.8) is 0 Å². The van der Waals surface area contributed by atoms with Crippen molar-refractivity contribution < 1.29 is 14.3 Å². The molecule has 2 heterocycles. The van der Waals surface area contributed by atoms with Crippen molar-refractivity contribution >= 4 is 17.6 Å². The van der Waals surface area contributed by atoms with Crippen LogP contribution in [-0.2, 0) is 11.2 Å². The molecule has 0 atom stereocenters. The van der Waals surface area contributed by atoms with Crippen LogP contribution in [0.25, 0.3) is 11.6 Å². The van der Waals surface area contributed by atoms with Gasteiger partial charge in [0.1, 0.15) is 17.1 Å². The molecule has 0 spiro atoms. The smallest absolute Gasteiger partial charge is 0.345 e. The molecule has 0 saturated heterocycles. The lowest BCUT2D eigenvalue weighted by Gasteiger charge is -2.05. The Morgan fingerprint density at radius 3 is 3.04 bits per heavy atom. The van der Waals surface area contributed by atoms with Crippen molar-refractivity contribution in [2.45, 2.75) is 20.3 Å². The molecule has 0 aliphatic carbocycles. The largest absolute Gasteiger partial charge is 0.493 e. The molecule has 0 saturated carbocycles. The summed E-state index contributed by atoms with van der Waals surface area (Å²) in [6, 6.07) is 5.97. The molecule has 6 heteroatoms. The summed E-state index contributed by atoms with van der Waals surface area (Å²) >= 11 is 0. The summed E-state index contributed by atoms with van der Waals surface area (Å²) in [7, 11) is 0. The summed E-state index contributed by atoms with van der Waals surface area (Å²) in [6.07, 6.45) is 4.08. The number of hydrogen-bond donors (Lipinski definition) is 1. The fourth-order valence-electron chi connectivity index (χ4n) is 2.56. The molecule has 1 aliphatic heterocycles. The second-order valence-electron chi connectivity index (χ2n) is 5.49. The Hall–Kier alpha value is -2.89. The summed E-state index contributed by atoms with van der Waals surface area (Å²) < 4.78 is 10.3. The number of aromatic nitrogens is 2. The lowest BCUT2D eigenvalue weighted by atomic mass is 10.1. The summed E-state index contributed by atoms with van der Waals surface area (Å²) in [5.41, 5.74) is 2.38. The Morgan fingerprint density at radius 2 is 2.29 bits per heavy atom. The normalized spacial score (nSPS) is 13.3. The van der Waals surface area contributed by atoms with E-state index in [1.807, 2.05) is 25.1 Å². The minimum Gasteiger partial charge on any atom is -0.493 e. The van der Waals surface area contributed by atoms with E-state index < -0.39 is 11.5 Å². The van der Waals surface area contributed by atoms with Crippen LogP contribution in [0, 0.1) is 0 Å². The number of benzene rings is 1. The van der Waals surface area contributed by atoms with Crippen LogP contribution in [0.2, 0.25) is 0 Å². The lowest BCUT2D eigenvalue weighted by Crippen LogP contribution is -2.21. The first kappa shape index (κ1) is 16.0. The molecule has 24 heavy (non-hydrogen) atoms. The van der Waals surface area contributed by atoms with Gasteiger partial charge in [0.2, 0.25) is 0 Å². The van der Waals surface area contributed by atoms with Crippen LogP contribution in [0.5, 0.6) is 5.75 Å². The summed E-state index contributed by atoms with van der Waals surface area (Å²) in [5, 5.41) is 0. The topological polar surface area (TPSA) is 81.3 Å². The number of aromatic amines is 1. The lowest BCUT2D eigenvalue weighted by molar-refractivity contribution is 0.0523. The van der Waals surface area contributed by atoms with E-state index in [1.165, 1.54) is 11.8 Å². The van der Waals surface area contributed by atoms with Gasteiger partial charge in [-0.1, -0.05) is 6.07 Å². The predicted octanol–water partition coefficient (Wildman–Crippen LogP) is 2.44. The summed E-state index contributed by atoms with van der Waals surface area (Å²) in [5.74, 6) is 0.679. The maximum atomic E-state index is 12.0. The molecule has 1 aromatic heterocycles. The van der Waals surface area contributed by atoms with E-state index >= 15 is 0 Å². The Labute approximate surface area is 139 Å². The van der Waals surface area contributed by atoms with Crippen molar-refractivity contribution in [1.29, 1.82) is 0 Å². The van der Waals surface area contributed by atoms with E-state index in [2.05, 4.69) is 16.0 Å². The van der Waals surface area contributed by atoms with Crippen molar-refractivity contribution in [3.05, 3.63) is 57.3 Å². The van der Waals surface area contributed by atoms with Gasteiger partial charge < -0.3 is 14.5 Å². The van der Waals surface area contributed by atoms with Crippen LogP contribution in [-0.4, -0.2) is 29.2 Å². The van der Waals surface area contributed by atoms with Crippen molar-refractivity contribution in [2.75, 3.05) is 13.2 Å². The van der Waals surface area contributed by atoms with E-state index in [0.29, 0.717) is 12.4 Å². The first-order valence-corrected chi connectivity index (χ1v) is 7.79. The molecule has 1 aliphatic rings. The van der Waals surface area contributed by atoms with Gasteiger partial charge in [0, 0.05) is 12.6 Å². The van der Waals surface area contributed by atoms with Crippen molar-refractivity contribution in [3.8, 4) is 5.75 Å². The van der Waals surface area contributed by atoms with E-state index in [1.54, 1.807) is 6.92 Å². The molecule has 3 rings (SSSR count). The third-order valence-electron chi connectivity index (χ3n) is 3.76. The third kappa shape index (κ3) is 3.22. The van der Waals surface area contributed by atoms with Gasteiger partial charge in [-0.15, -0.1) is 0 Å². The van der Waals surface area contributed by atoms with Gasteiger partial charge in [0.15, 0.2) is 0 Å². The highest BCUT2D eigenvalue weighted by Crippen LogP contribution is 2.27. The zero-order chi connectivity index (χ0) is 17.1. The molecule has 1 N–H and O–H groups in total. The average molecular weight is 326 g/mol. The number of nitrogens with one attached hydrogen (secondary N) is 1. The molecule has 2 aromatic rings. The number of nitrogens with zero attached hydrogens (tertiary/aromatic N) is 1. The zero-order valence-electron chi connectivity index (χ0n) is 13.6. The van der Waals surface area contributed by atoms with Crippen LogP contribution >= 0.6 is 0 Å². The molecular formula is C18H18N2O4. The first-order chi connectivity index (χ1) is 11.6. The Balaban J connectivity index is 1.87. The molecule has 124 valence electrons. The van der Waals surface area contributed by atoms with Gasteiger partial charge in [-0.25, -0.2) is 9.78 Å². The third-order valence-corrected chi connectivity index (χ3v) is 3.76. The van der Waals surface area contributed by atoms with Crippen molar-refractivity contribution in [2.24, 2.45) is 0 Å². The molecule has 0 unspecified atom stereocenters. The fraction of sp³-hybridized carbons (Fsp3) is 0.278. The number of fused-ring (bicyclic) bond motifs is 1. The number of hydrogen-bond acceptors (Lipinski definition) is 5. The SMILES string of the molecule is CCOC(=O)c1cnc(/C(C)=C/c2ccc3c(c2)CCO3)[nH]c1=O. The van der Waals surface area contributed by atoms with Crippen LogP contribution in [0.15, 0.2) is 29.2 Å². The molecule has 0 radical (unpaired) electrons. The number of carbonyl (C=O) groups excluding carboxylic acids is 1. The molecular weight excluding hydrogens is 308 g/mol. The van der Waals surface area contributed by atoms with E-state index in [4.69, 9.17) is 9.47 Å². The maximum absolute atomic E-state index is 12.0. The summed E-state index contributed by atoms with van der Waals surface area (Å²) in [4.78, 5) is 30.5. The molecule has 1 aromatic carbocycles.